The SMILES string of the molecule is COc1ccc2c(c1)-c1nc(-n3ncc(C(=O)N(C)Cc4nccs4)c3C3CC3)ncc1CC2. The van der Waals surface area contributed by atoms with E-state index >= 15 is 0 Å². The normalized spacial score (nSPS) is 14.4. The summed E-state index contributed by atoms with van der Waals surface area (Å²) in [4.78, 5) is 28.9. The smallest absolute Gasteiger partial charge is 0.257 e. The van der Waals surface area contributed by atoms with E-state index in [1.165, 1.54) is 5.56 Å². The van der Waals surface area contributed by atoms with Crippen LogP contribution in [0.3, 0.4) is 0 Å². The highest BCUT2D eigenvalue weighted by atomic mass is 32.1. The zero-order chi connectivity index (χ0) is 23.2. The molecule has 3 heterocycles. The molecule has 4 aromatic rings. The Labute approximate surface area is 201 Å². The lowest BCUT2D eigenvalue weighted by Gasteiger charge is -2.20. The number of nitrogens with zero attached hydrogens (tertiary/aromatic N) is 6. The Morgan fingerprint density at radius 3 is 2.82 bits per heavy atom. The van der Waals surface area contributed by atoms with Crippen LogP contribution in [0.25, 0.3) is 17.2 Å². The molecule has 0 atom stereocenters. The van der Waals surface area contributed by atoms with Gasteiger partial charge in [0.05, 0.1) is 36.8 Å². The number of methoxy groups -OCH3 is 1. The number of fused-ring (bicyclic) bond motifs is 3. The topological polar surface area (TPSA) is 86.0 Å². The molecule has 0 unspecified atom stereocenters. The van der Waals surface area contributed by atoms with Gasteiger partial charge in [-0.05, 0) is 48.9 Å². The fraction of sp³-hybridized carbons (Fsp3) is 0.320. The zero-order valence-electron chi connectivity index (χ0n) is 19.1. The van der Waals surface area contributed by atoms with Gasteiger partial charge in [0.25, 0.3) is 11.9 Å². The number of aryl methyl sites for hydroxylation is 2. The number of aromatic nitrogens is 5. The minimum absolute atomic E-state index is 0.0589. The van der Waals surface area contributed by atoms with Gasteiger partial charge in [-0.3, -0.25) is 4.79 Å². The van der Waals surface area contributed by atoms with Crippen molar-refractivity contribution < 1.29 is 9.53 Å². The van der Waals surface area contributed by atoms with Gasteiger partial charge in [-0.2, -0.15) is 5.10 Å². The quantitative estimate of drug-likeness (QED) is 0.421. The summed E-state index contributed by atoms with van der Waals surface area (Å²) in [5.41, 5.74) is 5.87. The number of hydrogen-bond donors (Lipinski definition) is 0. The van der Waals surface area contributed by atoms with E-state index in [0.717, 1.165) is 59.0 Å². The summed E-state index contributed by atoms with van der Waals surface area (Å²) < 4.78 is 7.21. The Hall–Kier alpha value is -3.59. The largest absolute Gasteiger partial charge is 0.497 e. The van der Waals surface area contributed by atoms with Crippen molar-refractivity contribution in [2.24, 2.45) is 0 Å². The molecule has 6 rings (SSSR count). The summed E-state index contributed by atoms with van der Waals surface area (Å²) in [6, 6.07) is 6.14. The summed E-state index contributed by atoms with van der Waals surface area (Å²) in [5, 5.41) is 7.42. The maximum atomic E-state index is 13.3. The van der Waals surface area contributed by atoms with Crippen LogP contribution in [0.15, 0.2) is 42.2 Å². The van der Waals surface area contributed by atoms with Crippen LogP contribution >= 0.6 is 11.3 Å². The van der Waals surface area contributed by atoms with Gasteiger partial charge in [0.2, 0.25) is 0 Å². The number of amides is 1. The Kier molecular flexibility index (Phi) is 5.13. The summed E-state index contributed by atoms with van der Waals surface area (Å²) >= 11 is 1.54. The van der Waals surface area contributed by atoms with E-state index in [1.807, 2.05) is 23.7 Å². The minimum Gasteiger partial charge on any atom is -0.497 e. The molecule has 172 valence electrons. The molecular weight excluding hydrogens is 448 g/mol. The monoisotopic (exact) mass is 472 g/mol. The Morgan fingerprint density at radius 2 is 2.06 bits per heavy atom. The molecule has 0 saturated heterocycles. The fourth-order valence-electron chi connectivity index (χ4n) is 4.55. The summed E-state index contributed by atoms with van der Waals surface area (Å²) in [6.45, 7) is 0.472. The lowest BCUT2D eigenvalue weighted by atomic mass is 9.90. The Bertz CT molecular complexity index is 1380. The van der Waals surface area contributed by atoms with Gasteiger partial charge in [-0.15, -0.1) is 11.3 Å². The van der Waals surface area contributed by atoms with E-state index in [-0.39, 0.29) is 5.91 Å². The highest BCUT2D eigenvalue weighted by molar-refractivity contribution is 7.09. The Morgan fingerprint density at radius 1 is 1.21 bits per heavy atom. The summed E-state index contributed by atoms with van der Waals surface area (Å²) in [7, 11) is 3.48. The third kappa shape index (κ3) is 3.66. The molecule has 0 spiro atoms. The van der Waals surface area contributed by atoms with Crippen molar-refractivity contribution in [2.75, 3.05) is 14.2 Å². The van der Waals surface area contributed by atoms with E-state index in [2.05, 4.69) is 21.1 Å². The van der Waals surface area contributed by atoms with Crippen molar-refractivity contribution in [3.63, 3.8) is 0 Å². The van der Waals surface area contributed by atoms with E-state index in [9.17, 15) is 4.79 Å². The molecule has 8 nitrogen and oxygen atoms in total. The average molecular weight is 473 g/mol. The first-order chi connectivity index (χ1) is 16.6. The molecule has 0 N–H and O–H groups in total. The van der Waals surface area contributed by atoms with Crippen LogP contribution in [-0.2, 0) is 19.4 Å². The van der Waals surface area contributed by atoms with Crippen LogP contribution in [0, 0.1) is 0 Å². The molecule has 2 aliphatic carbocycles. The van der Waals surface area contributed by atoms with Crippen LogP contribution in [0.5, 0.6) is 5.75 Å². The number of carbonyl (C=O) groups is 1. The first-order valence-electron chi connectivity index (χ1n) is 11.4. The number of ether oxygens (including phenoxy) is 1. The van der Waals surface area contributed by atoms with Crippen LogP contribution in [0.1, 0.15) is 50.9 Å². The number of hydrogen-bond acceptors (Lipinski definition) is 7. The molecule has 2 aliphatic rings. The van der Waals surface area contributed by atoms with Crippen LogP contribution in [0.4, 0.5) is 0 Å². The molecular formula is C25H24N6O2S. The van der Waals surface area contributed by atoms with E-state index < -0.39 is 0 Å². The lowest BCUT2D eigenvalue weighted by Crippen LogP contribution is -2.27. The second-order valence-electron chi connectivity index (χ2n) is 8.78. The van der Waals surface area contributed by atoms with Gasteiger partial charge < -0.3 is 9.64 Å². The predicted molar refractivity (Wildman–Crippen MR) is 128 cm³/mol. The molecule has 1 aromatic carbocycles. The van der Waals surface area contributed by atoms with E-state index in [0.29, 0.717) is 24.0 Å². The first-order valence-corrected chi connectivity index (χ1v) is 12.3. The predicted octanol–water partition coefficient (Wildman–Crippen LogP) is 4.04. The zero-order valence-corrected chi connectivity index (χ0v) is 19.9. The summed E-state index contributed by atoms with van der Waals surface area (Å²) in [5.74, 6) is 1.54. The molecule has 9 heteroatoms. The second kappa shape index (κ2) is 8.32. The number of thiazole rings is 1. The molecule has 34 heavy (non-hydrogen) atoms. The van der Waals surface area contributed by atoms with Crippen molar-refractivity contribution in [2.45, 2.75) is 38.1 Å². The molecule has 3 aromatic heterocycles. The third-order valence-corrected chi connectivity index (χ3v) is 7.24. The highest BCUT2D eigenvalue weighted by Crippen LogP contribution is 2.43. The van der Waals surface area contributed by atoms with E-state index in [4.69, 9.17) is 9.72 Å². The maximum Gasteiger partial charge on any atom is 0.257 e. The lowest BCUT2D eigenvalue weighted by molar-refractivity contribution is 0.0783. The number of benzene rings is 1. The van der Waals surface area contributed by atoms with Gasteiger partial charge in [0.1, 0.15) is 10.8 Å². The second-order valence-corrected chi connectivity index (χ2v) is 9.76. The molecule has 0 aliphatic heterocycles. The van der Waals surface area contributed by atoms with E-state index in [1.54, 1.807) is 47.5 Å². The van der Waals surface area contributed by atoms with Crippen molar-refractivity contribution in [3.8, 4) is 23.0 Å². The van der Waals surface area contributed by atoms with Gasteiger partial charge in [0, 0.05) is 36.3 Å². The van der Waals surface area contributed by atoms with Crippen molar-refractivity contribution in [1.29, 1.82) is 0 Å². The average Bonchev–Trinajstić information content (AvgIpc) is 3.39. The standard InChI is InChI=1S/C25H24N6O2S/c1-30(14-21-26-9-10-34-21)24(32)20-13-28-31(23(20)16-4-5-16)25-27-12-17-6-3-15-7-8-18(33-2)11-19(15)22(17)29-25/h7-13,16H,3-6,14H2,1-2H3. The fourth-order valence-corrected chi connectivity index (χ4v) is 5.22. The van der Waals surface area contributed by atoms with Crippen molar-refractivity contribution in [1.82, 2.24) is 29.6 Å². The van der Waals surface area contributed by atoms with Crippen LogP contribution in [0.2, 0.25) is 0 Å². The maximum absolute atomic E-state index is 13.3. The number of rotatable bonds is 6. The Balaban J connectivity index is 1.38. The van der Waals surface area contributed by atoms with Gasteiger partial charge in [0.15, 0.2) is 0 Å². The summed E-state index contributed by atoms with van der Waals surface area (Å²) in [6.07, 6.45) is 9.24. The molecule has 0 bridgehead atoms. The molecule has 1 amide bonds. The van der Waals surface area contributed by atoms with Gasteiger partial charge in [-0.1, -0.05) is 6.07 Å². The van der Waals surface area contributed by atoms with Crippen molar-refractivity contribution >= 4 is 17.2 Å². The van der Waals surface area contributed by atoms with Crippen LogP contribution in [-0.4, -0.2) is 49.7 Å². The molecule has 1 fully saturated rings. The number of carbonyl (C=O) groups excluding carboxylic acids is 1. The van der Waals surface area contributed by atoms with Crippen molar-refractivity contribution in [3.05, 3.63) is 69.6 Å². The van der Waals surface area contributed by atoms with Crippen LogP contribution < -0.4 is 4.74 Å². The molecule has 1 saturated carbocycles. The minimum atomic E-state index is -0.0589. The highest BCUT2D eigenvalue weighted by Gasteiger charge is 2.35. The first kappa shape index (κ1) is 21.0. The third-order valence-electron chi connectivity index (χ3n) is 6.48. The molecule has 0 radical (unpaired) electrons. The van der Waals surface area contributed by atoms with Gasteiger partial charge in [-0.25, -0.2) is 19.6 Å². The van der Waals surface area contributed by atoms with Gasteiger partial charge >= 0.3 is 0 Å².